The molecule has 1 unspecified atom stereocenters. The molecule has 1 aliphatic rings. The Kier molecular flexibility index (Phi) is 5.34. The van der Waals surface area contributed by atoms with Crippen LogP contribution in [0.25, 0.3) is 0 Å². The molecule has 0 aromatic heterocycles. The van der Waals surface area contributed by atoms with Gasteiger partial charge < -0.3 is 14.8 Å². The molecule has 0 spiro atoms. The molecule has 1 aromatic rings. The Morgan fingerprint density at radius 1 is 1.22 bits per heavy atom. The highest BCUT2D eigenvalue weighted by molar-refractivity contribution is 5.39. The molecule has 3 heteroatoms. The lowest BCUT2D eigenvalue weighted by molar-refractivity contribution is 0.267. The van der Waals surface area contributed by atoms with E-state index >= 15 is 0 Å². The van der Waals surface area contributed by atoms with E-state index in [9.17, 15) is 0 Å². The van der Waals surface area contributed by atoms with Gasteiger partial charge in [-0.3, -0.25) is 0 Å². The van der Waals surface area contributed by atoms with Crippen molar-refractivity contribution in [2.45, 2.75) is 38.6 Å². The lowest BCUT2D eigenvalue weighted by Gasteiger charge is -2.13. The molecular formula is C15H23NO2. The zero-order chi connectivity index (χ0) is 12.6. The fourth-order valence-corrected chi connectivity index (χ4v) is 2.36. The van der Waals surface area contributed by atoms with Crippen molar-refractivity contribution in [1.82, 2.24) is 5.32 Å². The monoisotopic (exact) mass is 249 g/mol. The third-order valence-electron chi connectivity index (χ3n) is 3.27. The van der Waals surface area contributed by atoms with E-state index in [2.05, 4.69) is 5.32 Å². The topological polar surface area (TPSA) is 30.5 Å². The molecule has 0 bridgehead atoms. The number of benzene rings is 1. The summed E-state index contributed by atoms with van der Waals surface area (Å²) in [5, 5.41) is 3.51. The average molecular weight is 249 g/mol. The summed E-state index contributed by atoms with van der Waals surface area (Å²) in [6.07, 6.45) is 4.93. The van der Waals surface area contributed by atoms with E-state index in [0.29, 0.717) is 12.6 Å². The van der Waals surface area contributed by atoms with Crippen LogP contribution in [0.15, 0.2) is 24.3 Å². The first-order chi connectivity index (χ1) is 8.90. The van der Waals surface area contributed by atoms with Crippen LogP contribution in [0.2, 0.25) is 0 Å². The minimum Gasteiger partial charge on any atom is -0.490 e. The summed E-state index contributed by atoms with van der Waals surface area (Å²) in [4.78, 5) is 0. The van der Waals surface area contributed by atoms with Crippen molar-refractivity contribution in [3.05, 3.63) is 24.3 Å². The van der Waals surface area contributed by atoms with Crippen LogP contribution < -0.4 is 14.8 Å². The van der Waals surface area contributed by atoms with Crippen LogP contribution in [-0.4, -0.2) is 25.8 Å². The van der Waals surface area contributed by atoms with Crippen molar-refractivity contribution < 1.29 is 9.47 Å². The largest absolute Gasteiger partial charge is 0.490 e. The van der Waals surface area contributed by atoms with Gasteiger partial charge in [-0.15, -0.1) is 0 Å². The molecule has 100 valence electrons. The fourth-order valence-electron chi connectivity index (χ4n) is 2.36. The molecule has 18 heavy (non-hydrogen) atoms. The van der Waals surface area contributed by atoms with Gasteiger partial charge in [-0.2, -0.15) is 0 Å². The van der Waals surface area contributed by atoms with Crippen LogP contribution in [0.4, 0.5) is 0 Å². The van der Waals surface area contributed by atoms with E-state index < -0.39 is 0 Å². The maximum Gasteiger partial charge on any atom is 0.161 e. The molecular weight excluding hydrogens is 226 g/mol. The first-order valence-electron chi connectivity index (χ1n) is 6.98. The smallest absolute Gasteiger partial charge is 0.161 e. The number of rotatable bonds is 7. The Balaban J connectivity index is 1.72. The van der Waals surface area contributed by atoms with Crippen LogP contribution in [0, 0.1) is 0 Å². The number of hydrogen-bond acceptors (Lipinski definition) is 3. The van der Waals surface area contributed by atoms with Crippen molar-refractivity contribution in [3.63, 3.8) is 0 Å². The molecule has 1 N–H and O–H groups in total. The Labute approximate surface area is 109 Å². The maximum absolute atomic E-state index is 5.80. The van der Waals surface area contributed by atoms with Gasteiger partial charge in [-0.1, -0.05) is 12.1 Å². The van der Waals surface area contributed by atoms with Crippen LogP contribution in [-0.2, 0) is 0 Å². The molecule has 2 rings (SSSR count). The minimum atomic E-state index is 0.673. The molecule has 1 aromatic carbocycles. The number of ether oxygens (including phenoxy) is 2. The quantitative estimate of drug-likeness (QED) is 0.754. The highest BCUT2D eigenvalue weighted by Crippen LogP contribution is 2.26. The van der Waals surface area contributed by atoms with Crippen molar-refractivity contribution in [3.8, 4) is 11.5 Å². The average Bonchev–Trinajstić information content (AvgIpc) is 2.90. The molecule has 1 fully saturated rings. The summed E-state index contributed by atoms with van der Waals surface area (Å²) in [7, 11) is 0. The summed E-state index contributed by atoms with van der Waals surface area (Å²) >= 11 is 0. The Hall–Kier alpha value is -1.22. The van der Waals surface area contributed by atoms with Crippen molar-refractivity contribution in [2.24, 2.45) is 0 Å². The van der Waals surface area contributed by atoms with E-state index in [1.54, 1.807) is 0 Å². The summed E-state index contributed by atoms with van der Waals surface area (Å²) in [5.74, 6) is 1.71. The van der Waals surface area contributed by atoms with Gasteiger partial charge in [0.05, 0.1) is 13.2 Å². The standard InChI is InChI=1S/C15H23NO2/c1-2-17-14-9-3-4-10-15(14)18-12-6-8-13-7-5-11-16-13/h3-4,9-10,13,16H,2,5-8,11-12H2,1H3. The number of para-hydroxylation sites is 2. The van der Waals surface area contributed by atoms with Gasteiger partial charge in [0.1, 0.15) is 0 Å². The van der Waals surface area contributed by atoms with Crippen LogP contribution in [0.3, 0.4) is 0 Å². The van der Waals surface area contributed by atoms with Crippen LogP contribution >= 0.6 is 0 Å². The van der Waals surface area contributed by atoms with Gasteiger partial charge in [0, 0.05) is 6.04 Å². The third kappa shape index (κ3) is 3.91. The first kappa shape index (κ1) is 13.2. The third-order valence-corrected chi connectivity index (χ3v) is 3.27. The summed E-state index contributed by atoms with van der Waals surface area (Å²) < 4.78 is 11.3. The molecule has 0 aliphatic carbocycles. The minimum absolute atomic E-state index is 0.673. The Morgan fingerprint density at radius 3 is 2.67 bits per heavy atom. The lowest BCUT2D eigenvalue weighted by atomic mass is 10.1. The Morgan fingerprint density at radius 2 is 2.00 bits per heavy atom. The van der Waals surface area contributed by atoms with Gasteiger partial charge in [0.2, 0.25) is 0 Å². The number of hydrogen-bond donors (Lipinski definition) is 1. The second-order valence-corrected chi connectivity index (χ2v) is 4.66. The van der Waals surface area contributed by atoms with Crippen molar-refractivity contribution >= 4 is 0 Å². The van der Waals surface area contributed by atoms with E-state index in [4.69, 9.17) is 9.47 Å². The second-order valence-electron chi connectivity index (χ2n) is 4.66. The lowest BCUT2D eigenvalue weighted by Crippen LogP contribution is -2.21. The van der Waals surface area contributed by atoms with Crippen LogP contribution in [0.5, 0.6) is 11.5 Å². The van der Waals surface area contributed by atoms with Crippen LogP contribution in [0.1, 0.15) is 32.6 Å². The van der Waals surface area contributed by atoms with E-state index in [-0.39, 0.29) is 0 Å². The summed E-state index contributed by atoms with van der Waals surface area (Å²) in [6, 6.07) is 8.59. The number of nitrogens with one attached hydrogen (secondary N) is 1. The van der Waals surface area contributed by atoms with Gasteiger partial charge in [0.15, 0.2) is 11.5 Å². The highest BCUT2D eigenvalue weighted by Gasteiger charge is 2.13. The predicted octanol–water partition coefficient (Wildman–Crippen LogP) is 3.00. The molecule has 1 heterocycles. The molecule has 1 atom stereocenters. The normalized spacial score (nSPS) is 18.8. The summed E-state index contributed by atoms with van der Waals surface area (Å²) in [6.45, 7) is 4.61. The molecule has 3 nitrogen and oxygen atoms in total. The zero-order valence-electron chi connectivity index (χ0n) is 11.2. The summed E-state index contributed by atoms with van der Waals surface area (Å²) in [5.41, 5.74) is 0. The Bertz CT molecular complexity index is 348. The molecule has 1 saturated heterocycles. The SMILES string of the molecule is CCOc1ccccc1OCCCC1CCCN1. The molecule has 0 radical (unpaired) electrons. The molecule has 1 aliphatic heterocycles. The van der Waals surface area contributed by atoms with Gasteiger partial charge >= 0.3 is 0 Å². The van der Waals surface area contributed by atoms with E-state index in [0.717, 1.165) is 24.5 Å². The van der Waals surface area contributed by atoms with Crippen molar-refractivity contribution in [2.75, 3.05) is 19.8 Å². The van der Waals surface area contributed by atoms with Gasteiger partial charge in [-0.25, -0.2) is 0 Å². The second kappa shape index (κ2) is 7.27. The predicted molar refractivity (Wildman–Crippen MR) is 73.4 cm³/mol. The molecule has 0 amide bonds. The van der Waals surface area contributed by atoms with E-state index in [1.807, 2.05) is 31.2 Å². The fraction of sp³-hybridized carbons (Fsp3) is 0.600. The zero-order valence-corrected chi connectivity index (χ0v) is 11.2. The van der Waals surface area contributed by atoms with Crippen molar-refractivity contribution in [1.29, 1.82) is 0 Å². The first-order valence-corrected chi connectivity index (χ1v) is 6.98. The maximum atomic E-state index is 5.80. The van der Waals surface area contributed by atoms with Gasteiger partial charge in [0.25, 0.3) is 0 Å². The molecule has 0 saturated carbocycles. The van der Waals surface area contributed by atoms with E-state index in [1.165, 1.54) is 25.8 Å². The highest BCUT2D eigenvalue weighted by atomic mass is 16.5. The van der Waals surface area contributed by atoms with Gasteiger partial charge in [-0.05, 0) is 51.3 Å².